The molecule has 1 aliphatic heterocycles. The van der Waals surface area contributed by atoms with Crippen molar-refractivity contribution in [2.24, 2.45) is 0 Å². The van der Waals surface area contributed by atoms with Crippen LogP contribution in [-0.4, -0.2) is 11.8 Å². The molecule has 3 aromatic carbocycles. The molecule has 132 valence electrons. The van der Waals surface area contributed by atoms with Crippen LogP contribution in [0.5, 0.6) is 0 Å². The summed E-state index contributed by atoms with van der Waals surface area (Å²) >= 11 is 0. The van der Waals surface area contributed by atoms with Crippen molar-refractivity contribution in [3.05, 3.63) is 102 Å². The largest absolute Gasteiger partial charge is 0.350 e. The predicted molar refractivity (Wildman–Crippen MR) is 102 cm³/mol. The Morgan fingerprint density at radius 1 is 0.741 bits per heavy atom. The fourth-order valence-electron chi connectivity index (χ4n) is 3.04. The molecule has 0 unspecified atom stereocenters. The number of benzene rings is 3. The van der Waals surface area contributed by atoms with Crippen LogP contribution >= 0.6 is 0 Å². The van der Waals surface area contributed by atoms with E-state index >= 15 is 0 Å². The molecule has 4 nitrogen and oxygen atoms in total. The van der Waals surface area contributed by atoms with E-state index in [-0.39, 0.29) is 11.3 Å². The van der Waals surface area contributed by atoms with Crippen molar-refractivity contribution >= 4 is 28.8 Å². The van der Waals surface area contributed by atoms with E-state index in [0.717, 1.165) is 4.90 Å². The van der Waals surface area contributed by atoms with Crippen molar-refractivity contribution in [2.75, 3.05) is 10.2 Å². The topological polar surface area (TPSA) is 49.4 Å². The minimum Gasteiger partial charge on any atom is -0.350 e. The number of hydrogen-bond donors (Lipinski definition) is 1. The van der Waals surface area contributed by atoms with Gasteiger partial charge in [0.15, 0.2) is 0 Å². The van der Waals surface area contributed by atoms with E-state index in [2.05, 4.69) is 5.32 Å². The van der Waals surface area contributed by atoms with Crippen molar-refractivity contribution in [3.63, 3.8) is 0 Å². The Hall–Kier alpha value is -3.73. The number of carbonyl (C=O) groups excluding carboxylic acids is 2. The zero-order valence-corrected chi connectivity index (χ0v) is 14.2. The number of rotatable bonds is 4. The van der Waals surface area contributed by atoms with Gasteiger partial charge < -0.3 is 5.32 Å². The molecule has 3 aromatic rings. The van der Waals surface area contributed by atoms with Gasteiger partial charge in [0.25, 0.3) is 11.8 Å². The first kappa shape index (κ1) is 16.7. The van der Waals surface area contributed by atoms with Gasteiger partial charge in [-0.1, -0.05) is 54.6 Å². The Morgan fingerprint density at radius 2 is 1.41 bits per heavy atom. The molecule has 1 heterocycles. The molecule has 0 atom stereocenters. The third-order valence-corrected chi connectivity index (χ3v) is 4.25. The second kappa shape index (κ2) is 6.88. The van der Waals surface area contributed by atoms with Crippen molar-refractivity contribution in [3.8, 4) is 0 Å². The summed E-state index contributed by atoms with van der Waals surface area (Å²) in [5.41, 5.74) is 1.88. The van der Waals surface area contributed by atoms with Crippen LogP contribution in [0.15, 0.2) is 90.6 Å². The van der Waals surface area contributed by atoms with E-state index in [4.69, 9.17) is 0 Å². The van der Waals surface area contributed by atoms with Gasteiger partial charge >= 0.3 is 0 Å². The number of halogens is 1. The van der Waals surface area contributed by atoms with Crippen LogP contribution in [0.4, 0.5) is 15.8 Å². The lowest BCUT2D eigenvalue weighted by Crippen LogP contribution is -2.32. The summed E-state index contributed by atoms with van der Waals surface area (Å²) in [6.45, 7) is 0. The van der Waals surface area contributed by atoms with Gasteiger partial charge in [-0.15, -0.1) is 0 Å². The molecule has 0 bridgehead atoms. The van der Waals surface area contributed by atoms with Gasteiger partial charge in [0.05, 0.1) is 11.3 Å². The highest BCUT2D eigenvalue weighted by Gasteiger charge is 2.40. The molecule has 0 aliphatic carbocycles. The second-order valence-electron chi connectivity index (χ2n) is 6.03. The van der Waals surface area contributed by atoms with Crippen LogP contribution in [-0.2, 0) is 9.59 Å². The predicted octanol–water partition coefficient (Wildman–Crippen LogP) is 4.22. The number of para-hydroxylation sites is 1. The Kier molecular flexibility index (Phi) is 4.26. The third-order valence-electron chi connectivity index (χ3n) is 4.25. The van der Waals surface area contributed by atoms with Gasteiger partial charge in [0, 0.05) is 5.69 Å². The average molecular weight is 358 g/mol. The van der Waals surface area contributed by atoms with Gasteiger partial charge in [-0.25, -0.2) is 9.29 Å². The minimum atomic E-state index is -0.477. The van der Waals surface area contributed by atoms with Gasteiger partial charge in [-0.05, 0) is 35.9 Å². The number of amides is 2. The molecule has 0 saturated heterocycles. The van der Waals surface area contributed by atoms with Gasteiger partial charge in [-0.3, -0.25) is 9.59 Å². The molecular weight excluding hydrogens is 343 g/mol. The molecule has 0 aromatic heterocycles. The number of hydrogen-bond acceptors (Lipinski definition) is 3. The normalized spacial score (nSPS) is 14.0. The summed E-state index contributed by atoms with van der Waals surface area (Å²) in [5.74, 6) is -1.33. The van der Waals surface area contributed by atoms with Crippen LogP contribution in [0.3, 0.4) is 0 Å². The Bertz CT molecular complexity index is 1050. The second-order valence-corrected chi connectivity index (χ2v) is 6.03. The number of imide groups is 1. The smallest absolute Gasteiger partial charge is 0.282 e. The Labute approximate surface area is 155 Å². The maximum Gasteiger partial charge on any atom is 0.282 e. The first-order chi connectivity index (χ1) is 13.1. The summed E-state index contributed by atoms with van der Waals surface area (Å²) in [6, 6.07) is 23.5. The lowest BCUT2D eigenvalue weighted by molar-refractivity contribution is -0.120. The molecule has 1 N–H and O–H groups in total. The first-order valence-corrected chi connectivity index (χ1v) is 8.41. The zero-order valence-electron chi connectivity index (χ0n) is 14.2. The zero-order chi connectivity index (χ0) is 18.8. The highest BCUT2D eigenvalue weighted by molar-refractivity contribution is 6.46. The maximum absolute atomic E-state index is 13.6. The van der Waals surface area contributed by atoms with Crippen LogP contribution in [0, 0.1) is 5.82 Å². The SMILES string of the molecule is O=C1C(Nc2cccc(F)c2)=C(c2ccccc2)C(=O)N1c1ccccc1. The standard InChI is InChI=1S/C22H15FN2O2/c23-16-10-7-11-17(14-16)24-20-19(15-8-3-1-4-9-15)21(26)25(22(20)27)18-12-5-2-6-13-18/h1-14,24H. The number of nitrogens with zero attached hydrogens (tertiary/aromatic N) is 1. The molecule has 27 heavy (non-hydrogen) atoms. The van der Waals surface area contributed by atoms with Gasteiger partial charge in [0.2, 0.25) is 0 Å². The van der Waals surface area contributed by atoms with E-state index in [0.29, 0.717) is 16.9 Å². The van der Waals surface area contributed by atoms with Crippen LogP contribution in [0.2, 0.25) is 0 Å². The van der Waals surface area contributed by atoms with E-state index < -0.39 is 17.6 Å². The van der Waals surface area contributed by atoms with Gasteiger partial charge in [-0.2, -0.15) is 0 Å². The fraction of sp³-hybridized carbons (Fsp3) is 0. The number of carbonyl (C=O) groups is 2. The highest BCUT2D eigenvalue weighted by Crippen LogP contribution is 2.33. The molecule has 0 fully saturated rings. The molecule has 5 heteroatoms. The Morgan fingerprint density at radius 3 is 2.07 bits per heavy atom. The molecule has 0 saturated carbocycles. The van der Waals surface area contributed by atoms with E-state index in [1.165, 1.54) is 18.2 Å². The molecule has 2 amide bonds. The van der Waals surface area contributed by atoms with Crippen LogP contribution in [0.1, 0.15) is 5.56 Å². The Balaban J connectivity index is 1.82. The first-order valence-electron chi connectivity index (χ1n) is 8.41. The third kappa shape index (κ3) is 3.11. The van der Waals surface area contributed by atoms with E-state index in [9.17, 15) is 14.0 Å². The molecule has 1 aliphatic rings. The number of nitrogens with one attached hydrogen (secondary N) is 1. The van der Waals surface area contributed by atoms with E-state index in [1.807, 2.05) is 12.1 Å². The summed E-state index contributed by atoms with van der Waals surface area (Å²) in [6.07, 6.45) is 0. The molecular formula is C22H15FN2O2. The summed E-state index contributed by atoms with van der Waals surface area (Å²) < 4.78 is 13.6. The fourth-order valence-corrected chi connectivity index (χ4v) is 3.04. The quantitative estimate of drug-likeness (QED) is 0.711. The summed E-state index contributed by atoms with van der Waals surface area (Å²) in [7, 11) is 0. The molecule has 0 radical (unpaired) electrons. The average Bonchev–Trinajstić information content (AvgIpc) is 2.93. The lowest BCUT2D eigenvalue weighted by atomic mass is 10.0. The van der Waals surface area contributed by atoms with Crippen LogP contribution < -0.4 is 10.2 Å². The van der Waals surface area contributed by atoms with Crippen molar-refractivity contribution in [1.29, 1.82) is 0 Å². The van der Waals surface area contributed by atoms with Crippen molar-refractivity contribution in [1.82, 2.24) is 0 Å². The van der Waals surface area contributed by atoms with Crippen LogP contribution in [0.25, 0.3) is 5.57 Å². The molecule has 0 spiro atoms. The lowest BCUT2D eigenvalue weighted by Gasteiger charge is -2.15. The monoisotopic (exact) mass is 358 g/mol. The van der Waals surface area contributed by atoms with Crippen molar-refractivity contribution < 1.29 is 14.0 Å². The number of anilines is 2. The summed E-state index contributed by atoms with van der Waals surface area (Å²) in [4.78, 5) is 27.3. The molecule has 4 rings (SSSR count). The highest BCUT2D eigenvalue weighted by atomic mass is 19.1. The van der Waals surface area contributed by atoms with Gasteiger partial charge in [0.1, 0.15) is 11.5 Å². The van der Waals surface area contributed by atoms with E-state index in [1.54, 1.807) is 54.6 Å². The minimum absolute atomic E-state index is 0.126. The summed E-state index contributed by atoms with van der Waals surface area (Å²) in [5, 5.41) is 2.94. The van der Waals surface area contributed by atoms with Crippen molar-refractivity contribution in [2.45, 2.75) is 0 Å². The maximum atomic E-state index is 13.6.